The van der Waals surface area contributed by atoms with Crippen LogP contribution >= 0.6 is 0 Å². The molecule has 1 aliphatic rings. The zero-order valence-electron chi connectivity index (χ0n) is 6.38. The summed E-state index contributed by atoms with van der Waals surface area (Å²) in [6.07, 6.45) is 10.7. The van der Waals surface area contributed by atoms with Gasteiger partial charge in [0.15, 0.2) is 0 Å². The Morgan fingerprint density at radius 2 is 2.45 bits per heavy atom. The minimum absolute atomic E-state index is 1.07. The van der Waals surface area contributed by atoms with E-state index in [4.69, 9.17) is 0 Å². The lowest BCUT2D eigenvalue weighted by Gasteiger charge is -1.97. The average Bonchev–Trinajstić information content (AvgIpc) is 2.60. The van der Waals surface area contributed by atoms with Gasteiger partial charge in [-0.2, -0.15) is 0 Å². The molecule has 1 nitrogen and oxygen atoms in total. The average molecular weight is 145 g/mol. The Hall–Kier alpha value is -1.24. The van der Waals surface area contributed by atoms with Gasteiger partial charge < -0.3 is 4.98 Å². The third-order valence-corrected chi connectivity index (χ3v) is 1.93. The second kappa shape index (κ2) is 2.79. The third kappa shape index (κ3) is 1.43. The van der Waals surface area contributed by atoms with Gasteiger partial charge in [-0.1, -0.05) is 23.8 Å². The normalized spacial score (nSPS) is 15.5. The summed E-state index contributed by atoms with van der Waals surface area (Å²) in [5.74, 6) is 0. The predicted octanol–water partition coefficient (Wildman–Crippen LogP) is 2.44. The molecule has 11 heavy (non-hydrogen) atoms. The van der Waals surface area contributed by atoms with Gasteiger partial charge in [0.25, 0.3) is 0 Å². The van der Waals surface area contributed by atoms with Crippen molar-refractivity contribution in [1.82, 2.24) is 4.98 Å². The van der Waals surface area contributed by atoms with Gasteiger partial charge in [0.2, 0.25) is 0 Å². The number of hydrogen-bond donors (Lipinski definition) is 1. The van der Waals surface area contributed by atoms with Crippen LogP contribution in [0.25, 0.3) is 0 Å². The van der Waals surface area contributed by atoms with Crippen molar-refractivity contribution in [2.45, 2.75) is 12.8 Å². The molecule has 1 heterocycles. The fraction of sp³-hybridized carbons (Fsp3) is 0.200. The highest BCUT2D eigenvalue weighted by Gasteiger charge is 2.00. The number of aromatic nitrogens is 1. The minimum Gasteiger partial charge on any atom is -0.365 e. The monoisotopic (exact) mass is 145 g/mol. The van der Waals surface area contributed by atoms with Crippen molar-refractivity contribution in [2.75, 3.05) is 0 Å². The van der Waals surface area contributed by atoms with Crippen LogP contribution in [0, 0.1) is 0 Å². The Bertz CT molecular complexity index is 278. The molecule has 1 aliphatic carbocycles. The lowest BCUT2D eigenvalue weighted by molar-refractivity contribution is 1.04. The molecule has 56 valence electrons. The maximum Gasteiger partial charge on any atom is 0.0188 e. The molecule has 1 aromatic rings. The van der Waals surface area contributed by atoms with Gasteiger partial charge in [-0.15, -0.1) is 0 Å². The zero-order chi connectivity index (χ0) is 7.52. The second-order valence-corrected chi connectivity index (χ2v) is 2.83. The smallest absolute Gasteiger partial charge is 0.0188 e. The molecule has 0 radical (unpaired) electrons. The van der Waals surface area contributed by atoms with Crippen LogP contribution in [0.15, 0.2) is 42.1 Å². The van der Waals surface area contributed by atoms with E-state index in [1.165, 1.54) is 11.3 Å². The van der Waals surface area contributed by atoms with Gasteiger partial charge in [-0.05, 0) is 18.6 Å². The molecule has 0 aromatic carbocycles. The highest BCUT2D eigenvalue weighted by Crippen LogP contribution is 2.14. The fourth-order valence-electron chi connectivity index (χ4n) is 1.34. The zero-order valence-corrected chi connectivity index (χ0v) is 6.38. The van der Waals surface area contributed by atoms with E-state index in [-0.39, 0.29) is 0 Å². The lowest BCUT2D eigenvalue weighted by Crippen LogP contribution is -1.86. The maximum atomic E-state index is 3.20. The Morgan fingerprint density at radius 3 is 3.09 bits per heavy atom. The van der Waals surface area contributed by atoms with Crippen LogP contribution in [-0.4, -0.2) is 4.98 Å². The van der Waals surface area contributed by atoms with Gasteiger partial charge in [0.05, 0.1) is 0 Å². The van der Waals surface area contributed by atoms with E-state index in [0.29, 0.717) is 0 Å². The molecule has 0 aliphatic heterocycles. The SMILES string of the molecule is C1=CCC(Cc2ccc[nH]2)=C1. The quantitative estimate of drug-likeness (QED) is 0.658. The molecule has 0 amide bonds. The summed E-state index contributed by atoms with van der Waals surface area (Å²) in [4.78, 5) is 3.20. The van der Waals surface area contributed by atoms with Crippen LogP contribution in [0.4, 0.5) is 0 Å². The van der Waals surface area contributed by atoms with Crippen molar-refractivity contribution in [3.63, 3.8) is 0 Å². The van der Waals surface area contributed by atoms with Crippen molar-refractivity contribution in [3.8, 4) is 0 Å². The molecular weight excluding hydrogens is 134 g/mol. The highest BCUT2D eigenvalue weighted by molar-refractivity contribution is 5.26. The summed E-state index contributed by atoms with van der Waals surface area (Å²) >= 11 is 0. The third-order valence-electron chi connectivity index (χ3n) is 1.93. The maximum absolute atomic E-state index is 3.20. The van der Waals surface area contributed by atoms with E-state index in [0.717, 1.165) is 12.8 Å². The molecule has 0 atom stereocenters. The number of rotatable bonds is 2. The molecule has 0 fully saturated rings. The molecule has 0 unspecified atom stereocenters. The van der Waals surface area contributed by atoms with Crippen LogP contribution < -0.4 is 0 Å². The standard InChI is InChI=1S/C10H11N/c1-2-5-9(4-1)8-10-6-3-7-11-10/h1-4,6-7,11H,5,8H2. The van der Waals surface area contributed by atoms with Crippen molar-refractivity contribution in [2.24, 2.45) is 0 Å². The van der Waals surface area contributed by atoms with Crippen LogP contribution in [0.1, 0.15) is 12.1 Å². The lowest BCUT2D eigenvalue weighted by atomic mass is 10.1. The molecule has 0 saturated heterocycles. The summed E-state index contributed by atoms with van der Waals surface area (Å²) in [5.41, 5.74) is 2.80. The molecule has 1 heteroatoms. The van der Waals surface area contributed by atoms with Crippen molar-refractivity contribution < 1.29 is 0 Å². The van der Waals surface area contributed by atoms with Gasteiger partial charge in [-0.25, -0.2) is 0 Å². The number of nitrogens with one attached hydrogen (secondary N) is 1. The highest BCUT2D eigenvalue weighted by atomic mass is 14.7. The first-order chi connectivity index (χ1) is 5.45. The number of aromatic amines is 1. The molecule has 0 bridgehead atoms. The van der Waals surface area contributed by atoms with Gasteiger partial charge >= 0.3 is 0 Å². The molecule has 2 rings (SSSR count). The summed E-state index contributed by atoms with van der Waals surface area (Å²) in [6, 6.07) is 4.16. The first-order valence-corrected chi connectivity index (χ1v) is 3.92. The topological polar surface area (TPSA) is 15.8 Å². The van der Waals surface area contributed by atoms with E-state index in [1.54, 1.807) is 0 Å². The van der Waals surface area contributed by atoms with Crippen LogP contribution in [0.3, 0.4) is 0 Å². The largest absolute Gasteiger partial charge is 0.365 e. The predicted molar refractivity (Wildman–Crippen MR) is 46.3 cm³/mol. The first-order valence-electron chi connectivity index (χ1n) is 3.92. The molecular formula is C10H11N. The minimum atomic E-state index is 1.07. The van der Waals surface area contributed by atoms with Gasteiger partial charge in [0, 0.05) is 18.3 Å². The van der Waals surface area contributed by atoms with E-state index in [1.807, 2.05) is 12.3 Å². The van der Waals surface area contributed by atoms with Crippen LogP contribution in [0.2, 0.25) is 0 Å². The first kappa shape index (κ1) is 6.47. The number of hydrogen-bond acceptors (Lipinski definition) is 0. The van der Waals surface area contributed by atoms with Crippen LogP contribution in [0.5, 0.6) is 0 Å². The Morgan fingerprint density at radius 1 is 1.45 bits per heavy atom. The summed E-state index contributed by atoms with van der Waals surface area (Å²) < 4.78 is 0. The van der Waals surface area contributed by atoms with E-state index >= 15 is 0 Å². The molecule has 0 saturated carbocycles. The summed E-state index contributed by atoms with van der Waals surface area (Å²) in [6.45, 7) is 0. The second-order valence-electron chi connectivity index (χ2n) is 2.83. The van der Waals surface area contributed by atoms with Gasteiger partial charge in [-0.3, -0.25) is 0 Å². The van der Waals surface area contributed by atoms with E-state index < -0.39 is 0 Å². The number of H-pyrrole nitrogens is 1. The van der Waals surface area contributed by atoms with Crippen molar-refractivity contribution >= 4 is 0 Å². The van der Waals surface area contributed by atoms with Crippen LogP contribution in [-0.2, 0) is 6.42 Å². The molecule has 1 N–H and O–H groups in total. The Balaban J connectivity index is 2.02. The van der Waals surface area contributed by atoms with E-state index in [9.17, 15) is 0 Å². The summed E-state index contributed by atoms with van der Waals surface area (Å²) in [5, 5.41) is 0. The number of allylic oxidation sites excluding steroid dienone is 4. The van der Waals surface area contributed by atoms with E-state index in [2.05, 4.69) is 29.3 Å². The van der Waals surface area contributed by atoms with Crippen molar-refractivity contribution in [1.29, 1.82) is 0 Å². The Kier molecular flexibility index (Phi) is 1.64. The fourth-order valence-corrected chi connectivity index (χ4v) is 1.34. The Labute approximate surface area is 66.4 Å². The van der Waals surface area contributed by atoms with Crippen molar-refractivity contribution in [3.05, 3.63) is 47.8 Å². The molecule has 1 aromatic heterocycles. The summed E-state index contributed by atoms with van der Waals surface area (Å²) in [7, 11) is 0. The molecule has 0 spiro atoms. The van der Waals surface area contributed by atoms with Gasteiger partial charge in [0.1, 0.15) is 0 Å².